The third-order valence-electron chi connectivity index (χ3n) is 3.82. The highest BCUT2D eigenvalue weighted by molar-refractivity contribution is 5.99. The molecule has 0 spiro atoms. The van der Waals surface area contributed by atoms with Crippen molar-refractivity contribution in [3.63, 3.8) is 0 Å². The van der Waals surface area contributed by atoms with Gasteiger partial charge in [0.2, 0.25) is 0 Å². The van der Waals surface area contributed by atoms with E-state index in [-0.39, 0.29) is 5.91 Å². The second kappa shape index (κ2) is 6.76. The third kappa shape index (κ3) is 3.38. The summed E-state index contributed by atoms with van der Waals surface area (Å²) in [4.78, 5) is 25.6. The summed E-state index contributed by atoms with van der Waals surface area (Å²) in [5, 5.41) is 4.73. The number of fused-ring (bicyclic) bond motifs is 1. The monoisotopic (exact) mass is 338 g/mol. The molecule has 0 saturated heterocycles. The molecule has 3 aromatic rings. The van der Waals surface area contributed by atoms with Crippen LogP contribution in [0.4, 0.5) is 0 Å². The Balaban J connectivity index is 1.90. The molecule has 0 bridgehead atoms. The van der Waals surface area contributed by atoms with Gasteiger partial charge in [-0.3, -0.25) is 4.79 Å². The summed E-state index contributed by atoms with van der Waals surface area (Å²) in [6, 6.07) is 14.5. The van der Waals surface area contributed by atoms with Crippen LogP contribution in [0.15, 0.2) is 53.1 Å². The van der Waals surface area contributed by atoms with Crippen LogP contribution in [-0.2, 0) is 9.53 Å². The molecule has 0 radical (unpaired) electrons. The number of aromatic nitrogens is 1. The Hall–Kier alpha value is -3.15. The van der Waals surface area contributed by atoms with Crippen LogP contribution in [0.1, 0.15) is 17.3 Å². The first kappa shape index (κ1) is 16.7. The number of nitrogens with zero attached hydrogens (tertiary/aromatic N) is 2. The predicted molar refractivity (Wildman–Crippen MR) is 93.0 cm³/mol. The molecule has 25 heavy (non-hydrogen) atoms. The molecule has 1 heterocycles. The smallest absolute Gasteiger partial charge is 0.338 e. The lowest BCUT2D eigenvalue weighted by atomic mass is 10.1. The summed E-state index contributed by atoms with van der Waals surface area (Å²) in [6.07, 6.45) is -0.853. The van der Waals surface area contributed by atoms with Crippen LogP contribution in [0, 0.1) is 0 Å². The van der Waals surface area contributed by atoms with Gasteiger partial charge in [-0.2, -0.15) is 0 Å². The predicted octanol–water partition coefficient (Wildman–Crippen LogP) is 3.13. The first-order valence-electron chi connectivity index (χ1n) is 7.84. The summed E-state index contributed by atoms with van der Waals surface area (Å²) in [7, 11) is 3.23. The molecule has 6 heteroatoms. The molecule has 2 aromatic carbocycles. The van der Waals surface area contributed by atoms with Gasteiger partial charge in [0.25, 0.3) is 5.91 Å². The molecule has 1 aromatic heterocycles. The zero-order chi connectivity index (χ0) is 18.0. The first-order chi connectivity index (χ1) is 12.0. The Labute approximate surface area is 145 Å². The average Bonchev–Trinajstić information content (AvgIpc) is 3.04. The van der Waals surface area contributed by atoms with Gasteiger partial charge in [-0.05, 0) is 25.1 Å². The maximum Gasteiger partial charge on any atom is 0.338 e. The Morgan fingerprint density at radius 3 is 2.52 bits per heavy atom. The number of carbonyl (C=O) groups is 2. The van der Waals surface area contributed by atoms with Crippen molar-refractivity contribution >= 4 is 22.8 Å². The molecule has 0 aliphatic rings. The Kier molecular flexibility index (Phi) is 4.52. The zero-order valence-corrected chi connectivity index (χ0v) is 14.2. The number of benzene rings is 2. The van der Waals surface area contributed by atoms with E-state index in [1.807, 2.05) is 30.3 Å². The Morgan fingerprint density at radius 1 is 1.12 bits per heavy atom. The van der Waals surface area contributed by atoms with Crippen LogP contribution < -0.4 is 0 Å². The van der Waals surface area contributed by atoms with E-state index in [1.165, 1.54) is 4.90 Å². The van der Waals surface area contributed by atoms with E-state index in [4.69, 9.17) is 9.26 Å². The van der Waals surface area contributed by atoms with Crippen LogP contribution >= 0.6 is 0 Å². The molecule has 0 fully saturated rings. The number of esters is 1. The van der Waals surface area contributed by atoms with Gasteiger partial charge in [0.05, 0.1) is 10.9 Å². The zero-order valence-electron chi connectivity index (χ0n) is 14.2. The summed E-state index contributed by atoms with van der Waals surface area (Å²) in [5.41, 5.74) is 1.85. The van der Waals surface area contributed by atoms with Crippen molar-refractivity contribution in [1.82, 2.24) is 10.1 Å². The van der Waals surface area contributed by atoms with E-state index in [9.17, 15) is 9.59 Å². The molecule has 0 saturated carbocycles. The molecule has 3 rings (SSSR count). The van der Waals surface area contributed by atoms with Crippen molar-refractivity contribution in [1.29, 1.82) is 0 Å². The second-order valence-corrected chi connectivity index (χ2v) is 5.89. The van der Waals surface area contributed by atoms with Crippen molar-refractivity contribution < 1.29 is 18.8 Å². The molecule has 0 unspecified atom stereocenters. The topological polar surface area (TPSA) is 72.6 Å². The van der Waals surface area contributed by atoms with E-state index in [0.717, 1.165) is 5.56 Å². The van der Waals surface area contributed by atoms with E-state index in [2.05, 4.69) is 5.16 Å². The van der Waals surface area contributed by atoms with Crippen LogP contribution in [-0.4, -0.2) is 42.1 Å². The molecule has 0 N–H and O–H groups in total. The quantitative estimate of drug-likeness (QED) is 0.683. The third-order valence-corrected chi connectivity index (χ3v) is 3.82. The van der Waals surface area contributed by atoms with Crippen LogP contribution in [0.5, 0.6) is 0 Å². The van der Waals surface area contributed by atoms with Crippen molar-refractivity contribution in [2.75, 3.05) is 14.1 Å². The van der Waals surface area contributed by atoms with Crippen LogP contribution in [0.2, 0.25) is 0 Å². The fraction of sp³-hybridized carbons (Fsp3) is 0.211. The molecule has 0 aliphatic carbocycles. The lowest BCUT2D eigenvalue weighted by Gasteiger charge is -2.17. The molecule has 6 nitrogen and oxygen atoms in total. The van der Waals surface area contributed by atoms with E-state index in [0.29, 0.717) is 22.2 Å². The normalized spacial score (nSPS) is 12.0. The summed E-state index contributed by atoms with van der Waals surface area (Å²) in [5.74, 6) is -0.253. The van der Waals surface area contributed by atoms with Crippen molar-refractivity contribution in [2.45, 2.75) is 13.0 Å². The highest BCUT2D eigenvalue weighted by Gasteiger charge is 2.21. The van der Waals surface area contributed by atoms with E-state index < -0.39 is 12.1 Å². The van der Waals surface area contributed by atoms with E-state index in [1.54, 1.807) is 39.2 Å². The molecule has 0 aliphatic heterocycles. The number of hydrogen-bond acceptors (Lipinski definition) is 5. The van der Waals surface area contributed by atoms with Crippen LogP contribution in [0.3, 0.4) is 0 Å². The molecule has 128 valence electrons. The lowest BCUT2D eigenvalue weighted by molar-refractivity contribution is -0.137. The maximum atomic E-state index is 12.4. The highest BCUT2D eigenvalue weighted by Crippen LogP contribution is 2.29. The maximum absolute atomic E-state index is 12.4. The van der Waals surface area contributed by atoms with Gasteiger partial charge in [0.1, 0.15) is 5.52 Å². The summed E-state index contributed by atoms with van der Waals surface area (Å²) >= 11 is 0. The van der Waals surface area contributed by atoms with Crippen molar-refractivity contribution in [3.8, 4) is 11.3 Å². The van der Waals surface area contributed by atoms with Gasteiger partial charge in [-0.15, -0.1) is 0 Å². The molecule has 1 atom stereocenters. The van der Waals surface area contributed by atoms with Gasteiger partial charge in [-0.1, -0.05) is 35.5 Å². The molecule has 1 amide bonds. The fourth-order valence-electron chi connectivity index (χ4n) is 2.51. The fourth-order valence-corrected chi connectivity index (χ4v) is 2.51. The number of hydrogen-bond donors (Lipinski definition) is 0. The van der Waals surface area contributed by atoms with Gasteiger partial charge in [0, 0.05) is 19.7 Å². The molecular weight excluding hydrogens is 320 g/mol. The van der Waals surface area contributed by atoms with Gasteiger partial charge in [-0.25, -0.2) is 4.79 Å². The average molecular weight is 338 g/mol. The largest absolute Gasteiger partial charge is 0.449 e. The second-order valence-electron chi connectivity index (χ2n) is 5.89. The van der Waals surface area contributed by atoms with Gasteiger partial charge >= 0.3 is 5.97 Å². The minimum Gasteiger partial charge on any atom is -0.449 e. The number of ether oxygens (including phenoxy) is 1. The summed E-state index contributed by atoms with van der Waals surface area (Å²) in [6.45, 7) is 1.55. The number of amides is 1. The lowest BCUT2D eigenvalue weighted by Crippen LogP contribution is -2.34. The standard InChI is InChI=1S/C19H18N2O4/c1-12(18(22)21(2)3)24-19(23)14-9-10-16-15(11-14)17(25-20-16)13-7-5-4-6-8-13/h4-12H,1-3H3/t12-/m1/s1. The van der Waals surface area contributed by atoms with Crippen molar-refractivity contribution in [3.05, 3.63) is 54.1 Å². The summed E-state index contributed by atoms with van der Waals surface area (Å²) < 4.78 is 10.7. The van der Waals surface area contributed by atoms with Crippen LogP contribution in [0.25, 0.3) is 22.2 Å². The van der Waals surface area contributed by atoms with Crippen molar-refractivity contribution in [2.24, 2.45) is 0 Å². The van der Waals surface area contributed by atoms with Gasteiger partial charge in [0.15, 0.2) is 11.9 Å². The van der Waals surface area contributed by atoms with E-state index >= 15 is 0 Å². The molecular formula is C19H18N2O4. The Bertz CT molecular complexity index is 916. The number of rotatable bonds is 4. The first-order valence-corrected chi connectivity index (χ1v) is 7.84. The minimum absolute atomic E-state index is 0.274. The number of likely N-dealkylation sites (N-methyl/N-ethyl adjacent to an activating group) is 1. The highest BCUT2D eigenvalue weighted by atomic mass is 16.5. The minimum atomic E-state index is -0.853. The Morgan fingerprint density at radius 2 is 1.84 bits per heavy atom. The van der Waals surface area contributed by atoms with Gasteiger partial charge < -0.3 is 14.2 Å². The SMILES string of the molecule is C[C@@H](OC(=O)c1ccc2noc(-c3ccccc3)c2c1)C(=O)N(C)C. The number of carbonyl (C=O) groups excluding carboxylic acids is 2.